The van der Waals surface area contributed by atoms with Gasteiger partial charge in [0.25, 0.3) is 0 Å². The molecule has 5 nitrogen and oxygen atoms in total. The van der Waals surface area contributed by atoms with Gasteiger partial charge in [-0.1, -0.05) is 0 Å². The lowest BCUT2D eigenvalue weighted by molar-refractivity contribution is -0.138. The maximum Gasteiger partial charge on any atom is 0.109 e. The molecule has 0 bridgehead atoms. The zero-order chi connectivity index (χ0) is 9.30. The second kappa shape index (κ2) is 5.09. The first-order valence-corrected chi connectivity index (χ1v) is 3.93. The van der Waals surface area contributed by atoms with Crippen molar-refractivity contribution in [3.05, 3.63) is 0 Å². The van der Waals surface area contributed by atoms with Crippen LogP contribution in [-0.4, -0.2) is 69.9 Å². The summed E-state index contributed by atoms with van der Waals surface area (Å²) in [6.45, 7) is 0.0465. The lowest BCUT2D eigenvalue weighted by Gasteiger charge is -2.40. The Balaban J connectivity index is 0.00000144. The monoisotopic (exact) mass is 213 g/mol. The number of likely N-dealkylation sites (N-methyl/N-ethyl adjacent to an activating group) is 1. The Kier molecular flexibility index (Phi) is 5.13. The molecular formula is C7H16ClNO4. The number of nitrogens with zero attached hydrogens (tertiary/aromatic N) is 1. The number of hydrogen-bond donors (Lipinski definition) is 4. The summed E-state index contributed by atoms with van der Waals surface area (Å²) in [6.07, 6.45) is -3.17. The zero-order valence-corrected chi connectivity index (χ0v) is 8.18. The first kappa shape index (κ1) is 13.1. The molecule has 0 aliphatic carbocycles. The van der Waals surface area contributed by atoms with E-state index in [1.807, 2.05) is 0 Å². The molecule has 1 aliphatic rings. The molecule has 0 aromatic rings. The molecule has 0 radical (unpaired) electrons. The fraction of sp³-hybridized carbons (Fsp3) is 1.00. The molecular weight excluding hydrogens is 198 g/mol. The molecule has 0 amide bonds. The number of piperidine rings is 1. The molecule has 1 rings (SSSR count). The third-order valence-corrected chi connectivity index (χ3v) is 2.37. The third kappa shape index (κ3) is 2.52. The zero-order valence-electron chi connectivity index (χ0n) is 7.37. The quantitative estimate of drug-likeness (QED) is 0.397. The minimum atomic E-state index is -1.15. The Morgan fingerprint density at radius 1 is 1.23 bits per heavy atom. The van der Waals surface area contributed by atoms with Crippen molar-refractivity contribution < 1.29 is 20.4 Å². The Morgan fingerprint density at radius 3 is 2.23 bits per heavy atom. The molecule has 80 valence electrons. The molecule has 13 heavy (non-hydrogen) atoms. The normalized spacial score (nSPS) is 41.3. The van der Waals surface area contributed by atoms with Gasteiger partial charge in [-0.3, -0.25) is 4.90 Å². The van der Waals surface area contributed by atoms with Crippen LogP contribution in [0, 0.1) is 0 Å². The Labute approximate surface area is 83.0 Å². The highest BCUT2D eigenvalue weighted by Gasteiger charge is 2.39. The van der Waals surface area contributed by atoms with Crippen LogP contribution in [0.5, 0.6) is 0 Å². The van der Waals surface area contributed by atoms with Crippen molar-refractivity contribution in [2.24, 2.45) is 0 Å². The number of hydrogen-bond acceptors (Lipinski definition) is 5. The summed E-state index contributed by atoms with van der Waals surface area (Å²) < 4.78 is 0. The van der Waals surface area contributed by atoms with Gasteiger partial charge in [0.2, 0.25) is 0 Å². The van der Waals surface area contributed by atoms with Crippen molar-refractivity contribution in [2.75, 3.05) is 20.2 Å². The van der Waals surface area contributed by atoms with E-state index in [4.69, 9.17) is 5.11 Å². The predicted octanol–water partition coefficient (Wildman–Crippen LogP) is -2.20. The summed E-state index contributed by atoms with van der Waals surface area (Å²) >= 11 is 0. The van der Waals surface area contributed by atoms with Crippen LogP contribution in [0.25, 0.3) is 0 Å². The van der Waals surface area contributed by atoms with E-state index in [-0.39, 0.29) is 25.6 Å². The van der Waals surface area contributed by atoms with Gasteiger partial charge >= 0.3 is 0 Å². The van der Waals surface area contributed by atoms with Crippen molar-refractivity contribution in [1.82, 2.24) is 4.90 Å². The molecule has 0 spiro atoms. The Morgan fingerprint density at radius 2 is 1.77 bits per heavy atom. The summed E-state index contributed by atoms with van der Waals surface area (Å²) in [5.41, 5.74) is 0. The van der Waals surface area contributed by atoms with Gasteiger partial charge in [-0.05, 0) is 7.05 Å². The molecule has 1 heterocycles. The average Bonchev–Trinajstić information content (AvgIpc) is 2.01. The van der Waals surface area contributed by atoms with E-state index in [1.54, 1.807) is 11.9 Å². The topological polar surface area (TPSA) is 84.2 Å². The van der Waals surface area contributed by atoms with E-state index in [2.05, 4.69) is 0 Å². The molecule has 4 atom stereocenters. The van der Waals surface area contributed by atoms with Gasteiger partial charge in [-0.2, -0.15) is 0 Å². The molecule has 6 heteroatoms. The van der Waals surface area contributed by atoms with Crippen molar-refractivity contribution in [1.29, 1.82) is 0 Å². The number of likely N-dealkylation sites (tertiary alicyclic amines) is 1. The van der Waals surface area contributed by atoms with Crippen LogP contribution in [0.1, 0.15) is 0 Å². The maximum absolute atomic E-state index is 9.37. The van der Waals surface area contributed by atoms with E-state index in [0.29, 0.717) is 0 Å². The average molecular weight is 214 g/mol. The van der Waals surface area contributed by atoms with Gasteiger partial charge in [0.15, 0.2) is 0 Å². The molecule has 1 aliphatic heterocycles. The molecule has 1 fully saturated rings. The predicted molar refractivity (Wildman–Crippen MR) is 48.8 cm³/mol. The van der Waals surface area contributed by atoms with E-state index in [1.165, 1.54) is 0 Å². The lowest BCUT2D eigenvalue weighted by atomic mass is 9.95. The Hall–Kier alpha value is 0.0900. The first-order valence-electron chi connectivity index (χ1n) is 3.93. The van der Waals surface area contributed by atoms with Crippen LogP contribution >= 0.6 is 12.4 Å². The summed E-state index contributed by atoms with van der Waals surface area (Å²) in [4.78, 5) is 1.63. The highest BCUT2D eigenvalue weighted by molar-refractivity contribution is 5.85. The van der Waals surface area contributed by atoms with Crippen LogP contribution < -0.4 is 0 Å². The highest BCUT2D eigenvalue weighted by Crippen LogP contribution is 2.16. The van der Waals surface area contributed by atoms with Crippen molar-refractivity contribution in [3.63, 3.8) is 0 Å². The van der Waals surface area contributed by atoms with Crippen LogP contribution in [-0.2, 0) is 0 Å². The number of rotatable bonds is 1. The number of aliphatic hydroxyl groups is 4. The smallest absolute Gasteiger partial charge is 0.109 e. The van der Waals surface area contributed by atoms with Gasteiger partial charge in [0, 0.05) is 6.54 Å². The molecule has 1 saturated heterocycles. The van der Waals surface area contributed by atoms with E-state index in [0.717, 1.165) is 0 Å². The van der Waals surface area contributed by atoms with Gasteiger partial charge < -0.3 is 20.4 Å². The van der Waals surface area contributed by atoms with Crippen molar-refractivity contribution in [2.45, 2.75) is 24.4 Å². The minimum Gasteiger partial charge on any atom is -0.395 e. The minimum absolute atomic E-state index is 0. The summed E-state index contributed by atoms with van der Waals surface area (Å²) in [7, 11) is 1.68. The van der Waals surface area contributed by atoms with Crippen LogP contribution in [0.3, 0.4) is 0 Å². The fourth-order valence-corrected chi connectivity index (χ4v) is 1.50. The second-order valence-corrected chi connectivity index (χ2v) is 3.24. The lowest BCUT2D eigenvalue weighted by Crippen LogP contribution is -2.61. The number of aliphatic hydroxyl groups excluding tert-OH is 4. The van der Waals surface area contributed by atoms with E-state index < -0.39 is 24.4 Å². The van der Waals surface area contributed by atoms with Crippen molar-refractivity contribution in [3.8, 4) is 0 Å². The van der Waals surface area contributed by atoms with Crippen molar-refractivity contribution >= 4 is 12.4 Å². The molecule has 4 N–H and O–H groups in total. The standard InChI is InChI=1S/C7H15NO4.ClH/c1-8-2-5(10)7(12)6(11)4(8)3-9;/h4-7,9-12H,2-3H2,1H3;1H/t4-,5+,6+,7-;/m1./s1. The summed E-state index contributed by atoms with van der Waals surface area (Å²) in [5.74, 6) is 0. The van der Waals surface area contributed by atoms with Crippen LogP contribution in [0.4, 0.5) is 0 Å². The van der Waals surface area contributed by atoms with Crippen LogP contribution in [0.15, 0.2) is 0 Å². The summed E-state index contributed by atoms with van der Waals surface area (Å²) in [6, 6.07) is -0.483. The molecule has 0 aromatic carbocycles. The van der Waals surface area contributed by atoms with Crippen LogP contribution in [0.2, 0.25) is 0 Å². The fourth-order valence-electron chi connectivity index (χ4n) is 1.50. The van der Waals surface area contributed by atoms with Gasteiger partial charge in [0.05, 0.1) is 18.8 Å². The van der Waals surface area contributed by atoms with E-state index >= 15 is 0 Å². The molecule has 0 unspecified atom stereocenters. The maximum atomic E-state index is 9.37. The van der Waals surface area contributed by atoms with Gasteiger partial charge in [0.1, 0.15) is 12.2 Å². The van der Waals surface area contributed by atoms with E-state index in [9.17, 15) is 15.3 Å². The Bertz CT molecular complexity index is 159. The molecule has 0 aromatic heterocycles. The molecule has 0 saturated carbocycles. The largest absolute Gasteiger partial charge is 0.395 e. The number of halogens is 1. The van der Waals surface area contributed by atoms with Gasteiger partial charge in [-0.25, -0.2) is 0 Å². The third-order valence-electron chi connectivity index (χ3n) is 2.37. The SMILES string of the molecule is CN1C[C@H](O)[C@@H](O)[C@@H](O)[C@H]1CO.Cl. The summed E-state index contributed by atoms with van der Waals surface area (Å²) in [5, 5.41) is 36.6. The van der Waals surface area contributed by atoms with Gasteiger partial charge in [-0.15, -0.1) is 12.4 Å². The first-order chi connectivity index (χ1) is 5.57. The second-order valence-electron chi connectivity index (χ2n) is 3.24. The number of β-amino-alcohol motifs (C(OH)–C–C–N with tert-alkyl or cyclic N) is 1. The highest BCUT2D eigenvalue weighted by atomic mass is 35.5.